The Morgan fingerprint density at radius 1 is 1.50 bits per heavy atom. The smallest absolute Gasteiger partial charge is 0.250 e. The number of methoxy groups -OCH3 is 1. The minimum absolute atomic E-state index is 0.238. The number of carbonyl (C=O) groups excluding carboxylic acids is 1. The number of primary amides is 1. The molecular formula is C12H12ClN3O2. The number of aryl methyl sites for hydroxylation is 1. The molecule has 6 heteroatoms. The molecule has 0 saturated carbocycles. The van der Waals surface area contributed by atoms with Crippen LogP contribution < -0.4 is 10.5 Å². The Kier molecular flexibility index (Phi) is 3.25. The Hall–Kier alpha value is -2.01. The van der Waals surface area contributed by atoms with E-state index in [1.807, 2.05) is 13.0 Å². The van der Waals surface area contributed by atoms with Crippen LogP contribution in [0, 0.1) is 6.92 Å². The fourth-order valence-corrected chi connectivity index (χ4v) is 1.93. The number of hydrogen-bond acceptors (Lipinski definition) is 3. The van der Waals surface area contributed by atoms with Crippen molar-refractivity contribution in [3.63, 3.8) is 0 Å². The van der Waals surface area contributed by atoms with Gasteiger partial charge in [0.25, 0.3) is 0 Å². The maximum Gasteiger partial charge on any atom is 0.250 e. The Balaban J connectivity index is 2.69. The molecule has 0 aliphatic heterocycles. The lowest BCUT2D eigenvalue weighted by atomic mass is 10.1. The summed E-state index contributed by atoms with van der Waals surface area (Å²) in [4.78, 5) is 11.3. The van der Waals surface area contributed by atoms with Crippen LogP contribution in [-0.2, 0) is 0 Å². The first-order valence-electron chi connectivity index (χ1n) is 5.23. The lowest BCUT2D eigenvalue weighted by Crippen LogP contribution is -2.13. The van der Waals surface area contributed by atoms with Crippen molar-refractivity contribution in [1.82, 2.24) is 9.78 Å². The van der Waals surface area contributed by atoms with Gasteiger partial charge in [-0.1, -0.05) is 11.6 Å². The number of benzene rings is 1. The van der Waals surface area contributed by atoms with E-state index in [1.54, 1.807) is 23.0 Å². The zero-order valence-corrected chi connectivity index (χ0v) is 10.7. The number of halogens is 1. The molecule has 0 radical (unpaired) electrons. The van der Waals surface area contributed by atoms with Gasteiger partial charge in [0.2, 0.25) is 5.91 Å². The van der Waals surface area contributed by atoms with Crippen LogP contribution in [0.3, 0.4) is 0 Å². The van der Waals surface area contributed by atoms with Gasteiger partial charge in [0.15, 0.2) is 0 Å². The number of aromatic nitrogens is 2. The van der Waals surface area contributed by atoms with Crippen molar-refractivity contribution in [2.24, 2.45) is 5.73 Å². The third kappa shape index (κ3) is 2.04. The van der Waals surface area contributed by atoms with Gasteiger partial charge in [-0.3, -0.25) is 4.79 Å². The maximum absolute atomic E-state index is 11.3. The molecule has 0 saturated heterocycles. The van der Waals surface area contributed by atoms with E-state index >= 15 is 0 Å². The zero-order chi connectivity index (χ0) is 13.3. The molecule has 1 heterocycles. The summed E-state index contributed by atoms with van der Waals surface area (Å²) in [6, 6.07) is 4.97. The predicted molar refractivity (Wildman–Crippen MR) is 68.4 cm³/mol. The van der Waals surface area contributed by atoms with E-state index in [2.05, 4.69) is 5.10 Å². The molecule has 0 spiro atoms. The van der Waals surface area contributed by atoms with E-state index < -0.39 is 5.91 Å². The van der Waals surface area contributed by atoms with E-state index in [1.165, 1.54) is 7.11 Å². The zero-order valence-electron chi connectivity index (χ0n) is 9.98. The molecule has 2 rings (SSSR count). The fraction of sp³-hybridized carbons (Fsp3) is 0.167. The minimum Gasteiger partial charge on any atom is -0.494 e. The van der Waals surface area contributed by atoms with Gasteiger partial charge in [0, 0.05) is 18.0 Å². The molecule has 0 aliphatic rings. The average molecular weight is 266 g/mol. The number of ether oxygens (including phenoxy) is 1. The Morgan fingerprint density at radius 2 is 2.22 bits per heavy atom. The third-order valence-corrected chi connectivity index (χ3v) is 2.91. The van der Waals surface area contributed by atoms with Crippen molar-refractivity contribution in [3.05, 3.63) is 40.7 Å². The molecule has 2 aromatic rings. The fourth-order valence-electron chi connectivity index (χ4n) is 1.68. The molecule has 0 unspecified atom stereocenters. The predicted octanol–water partition coefficient (Wildman–Crippen LogP) is 1.94. The number of amides is 1. The first-order valence-corrected chi connectivity index (χ1v) is 5.60. The molecule has 18 heavy (non-hydrogen) atoms. The van der Waals surface area contributed by atoms with Crippen LogP contribution in [0.4, 0.5) is 0 Å². The molecule has 0 bridgehead atoms. The average Bonchev–Trinajstić information content (AvgIpc) is 2.74. The van der Waals surface area contributed by atoms with Crippen molar-refractivity contribution in [2.75, 3.05) is 7.11 Å². The van der Waals surface area contributed by atoms with Gasteiger partial charge in [0.05, 0.1) is 17.7 Å². The van der Waals surface area contributed by atoms with Crippen LogP contribution in [0.2, 0.25) is 5.02 Å². The summed E-state index contributed by atoms with van der Waals surface area (Å²) in [7, 11) is 1.53. The molecule has 1 aromatic heterocycles. The topological polar surface area (TPSA) is 70.1 Å². The number of carbonyl (C=O) groups is 1. The van der Waals surface area contributed by atoms with E-state index in [0.717, 1.165) is 5.69 Å². The quantitative estimate of drug-likeness (QED) is 0.922. The van der Waals surface area contributed by atoms with E-state index in [0.29, 0.717) is 11.4 Å². The van der Waals surface area contributed by atoms with Gasteiger partial charge in [-0.2, -0.15) is 5.10 Å². The second-order valence-corrected chi connectivity index (χ2v) is 4.16. The Bertz CT molecular complexity index is 607. The van der Waals surface area contributed by atoms with Crippen LogP contribution in [0.1, 0.15) is 16.1 Å². The van der Waals surface area contributed by atoms with Crippen molar-refractivity contribution in [2.45, 2.75) is 6.92 Å². The van der Waals surface area contributed by atoms with Crippen molar-refractivity contribution in [3.8, 4) is 11.4 Å². The van der Waals surface area contributed by atoms with Gasteiger partial charge in [-0.25, -0.2) is 4.68 Å². The van der Waals surface area contributed by atoms with Crippen LogP contribution in [0.5, 0.6) is 5.75 Å². The van der Waals surface area contributed by atoms with Crippen LogP contribution in [0.25, 0.3) is 5.69 Å². The number of nitrogens with two attached hydrogens (primary N) is 1. The lowest BCUT2D eigenvalue weighted by Gasteiger charge is -2.12. The summed E-state index contributed by atoms with van der Waals surface area (Å²) >= 11 is 5.97. The van der Waals surface area contributed by atoms with E-state index in [9.17, 15) is 4.79 Å². The Morgan fingerprint density at radius 3 is 2.72 bits per heavy atom. The van der Waals surface area contributed by atoms with Gasteiger partial charge < -0.3 is 10.5 Å². The van der Waals surface area contributed by atoms with Gasteiger partial charge in [-0.15, -0.1) is 0 Å². The third-order valence-electron chi connectivity index (χ3n) is 2.59. The second-order valence-electron chi connectivity index (χ2n) is 3.75. The number of rotatable bonds is 3. The summed E-state index contributed by atoms with van der Waals surface area (Å²) in [6.45, 7) is 1.89. The van der Waals surface area contributed by atoms with Crippen LogP contribution in [-0.4, -0.2) is 22.8 Å². The lowest BCUT2D eigenvalue weighted by molar-refractivity contribution is 0.100. The standard InChI is InChI=1S/C12H12ClN3O2/c1-7-3-4-15-16(7)10-5-8(12(14)17)9(13)6-11(10)18-2/h3-6H,1-2H3,(H2,14,17). The highest BCUT2D eigenvalue weighted by atomic mass is 35.5. The molecule has 94 valence electrons. The molecule has 2 N–H and O–H groups in total. The van der Waals surface area contributed by atoms with Crippen LogP contribution in [0.15, 0.2) is 24.4 Å². The monoisotopic (exact) mass is 265 g/mol. The van der Waals surface area contributed by atoms with Gasteiger partial charge >= 0.3 is 0 Å². The first-order chi connectivity index (χ1) is 8.54. The van der Waals surface area contributed by atoms with E-state index in [4.69, 9.17) is 22.1 Å². The SMILES string of the molecule is COc1cc(Cl)c(C(N)=O)cc1-n1nccc1C. The summed E-state index contributed by atoms with van der Waals surface area (Å²) in [6.07, 6.45) is 1.66. The summed E-state index contributed by atoms with van der Waals surface area (Å²) in [5.74, 6) is -0.0643. The number of nitrogens with zero attached hydrogens (tertiary/aromatic N) is 2. The second kappa shape index (κ2) is 4.70. The first kappa shape index (κ1) is 12.4. The Labute approximate surface area is 109 Å². The molecule has 0 aliphatic carbocycles. The molecule has 0 atom stereocenters. The number of hydrogen-bond donors (Lipinski definition) is 1. The normalized spacial score (nSPS) is 10.4. The molecular weight excluding hydrogens is 254 g/mol. The highest BCUT2D eigenvalue weighted by molar-refractivity contribution is 6.34. The molecule has 1 amide bonds. The van der Waals surface area contributed by atoms with Crippen molar-refractivity contribution < 1.29 is 9.53 Å². The minimum atomic E-state index is -0.589. The molecule has 0 fully saturated rings. The summed E-state index contributed by atoms with van der Waals surface area (Å²) in [5, 5.41) is 4.42. The maximum atomic E-state index is 11.3. The van der Waals surface area contributed by atoms with Gasteiger partial charge in [0.1, 0.15) is 11.4 Å². The van der Waals surface area contributed by atoms with Crippen molar-refractivity contribution >= 4 is 17.5 Å². The highest BCUT2D eigenvalue weighted by Crippen LogP contribution is 2.30. The van der Waals surface area contributed by atoms with Crippen LogP contribution >= 0.6 is 11.6 Å². The molecule has 5 nitrogen and oxygen atoms in total. The summed E-state index contributed by atoms with van der Waals surface area (Å²) < 4.78 is 6.90. The van der Waals surface area contributed by atoms with Gasteiger partial charge in [-0.05, 0) is 19.1 Å². The van der Waals surface area contributed by atoms with E-state index in [-0.39, 0.29) is 10.6 Å². The summed E-state index contributed by atoms with van der Waals surface area (Å²) in [5.41, 5.74) is 7.04. The molecule has 1 aromatic carbocycles. The highest BCUT2D eigenvalue weighted by Gasteiger charge is 2.15. The van der Waals surface area contributed by atoms with Crippen molar-refractivity contribution in [1.29, 1.82) is 0 Å². The largest absolute Gasteiger partial charge is 0.494 e.